The summed E-state index contributed by atoms with van der Waals surface area (Å²) in [7, 11) is 3.55. The van der Waals surface area contributed by atoms with Gasteiger partial charge in [-0.3, -0.25) is 4.68 Å². The molecule has 0 aliphatic rings. The first-order chi connectivity index (χ1) is 11.6. The van der Waals surface area contributed by atoms with E-state index in [0.29, 0.717) is 11.6 Å². The summed E-state index contributed by atoms with van der Waals surface area (Å²) in [6.45, 7) is 4.17. The molecule has 0 saturated carbocycles. The van der Waals surface area contributed by atoms with Crippen LogP contribution in [-0.2, 0) is 20.0 Å². The van der Waals surface area contributed by atoms with Crippen LogP contribution in [0.5, 0.6) is 5.75 Å². The highest BCUT2D eigenvalue weighted by Gasteiger charge is 2.04. The Labute approximate surface area is 147 Å². The van der Waals surface area contributed by atoms with Crippen LogP contribution in [0.3, 0.4) is 0 Å². The van der Waals surface area contributed by atoms with E-state index in [4.69, 9.17) is 16.3 Å². The minimum atomic E-state index is 0.578. The normalized spacial score (nSPS) is 11.4. The number of benzene rings is 1. The van der Waals surface area contributed by atoms with Crippen molar-refractivity contribution in [1.29, 1.82) is 0 Å². The van der Waals surface area contributed by atoms with Gasteiger partial charge in [0.15, 0.2) is 5.96 Å². The van der Waals surface area contributed by atoms with E-state index in [2.05, 4.69) is 20.7 Å². The van der Waals surface area contributed by atoms with Crippen LogP contribution in [0.2, 0.25) is 5.02 Å². The maximum absolute atomic E-state index is 6.27. The Morgan fingerprint density at radius 3 is 2.79 bits per heavy atom. The Balaban J connectivity index is 1.90. The van der Waals surface area contributed by atoms with Crippen LogP contribution in [0.4, 0.5) is 0 Å². The van der Waals surface area contributed by atoms with Gasteiger partial charge in [-0.05, 0) is 37.1 Å². The molecule has 0 unspecified atom stereocenters. The number of rotatable bonds is 7. The SMILES string of the molecule is CCNC(=NCc1ccnn1C)NCCc1ccc(OC)cc1Cl. The maximum atomic E-state index is 6.27. The molecule has 1 heterocycles. The topological polar surface area (TPSA) is 63.5 Å². The molecule has 0 amide bonds. The number of aryl methyl sites for hydroxylation is 1. The van der Waals surface area contributed by atoms with Gasteiger partial charge >= 0.3 is 0 Å². The third-order valence-electron chi connectivity index (χ3n) is 3.61. The zero-order valence-electron chi connectivity index (χ0n) is 14.3. The van der Waals surface area contributed by atoms with Gasteiger partial charge in [-0.1, -0.05) is 17.7 Å². The van der Waals surface area contributed by atoms with Crippen LogP contribution in [-0.4, -0.2) is 35.9 Å². The second-order valence-corrected chi connectivity index (χ2v) is 5.68. The van der Waals surface area contributed by atoms with Gasteiger partial charge in [0.05, 0.1) is 19.3 Å². The fraction of sp³-hybridized carbons (Fsp3) is 0.412. The lowest BCUT2D eigenvalue weighted by Gasteiger charge is -2.12. The third kappa shape index (κ3) is 5.16. The monoisotopic (exact) mass is 349 g/mol. The van der Waals surface area contributed by atoms with E-state index in [0.717, 1.165) is 42.5 Å². The van der Waals surface area contributed by atoms with Crippen LogP contribution in [0, 0.1) is 0 Å². The van der Waals surface area contributed by atoms with Crippen LogP contribution < -0.4 is 15.4 Å². The number of ether oxygens (including phenoxy) is 1. The molecule has 0 fully saturated rings. The number of nitrogens with one attached hydrogen (secondary N) is 2. The number of aromatic nitrogens is 2. The van der Waals surface area contributed by atoms with Crippen molar-refractivity contribution in [3.05, 3.63) is 46.7 Å². The van der Waals surface area contributed by atoms with Crippen molar-refractivity contribution in [3.63, 3.8) is 0 Å². The number of halogens is 1. The van der Waals surface area contributed by atoms with Crippen molar-refractivity contribution in [2.75, 3.05) is 20.2 Å². The van der Waals surface area contributed by atoms with Gasteiger partial charge in [0.25, 0.3) is 0 Å². The molecule has 0 spiro atoms. The van der Waals surface area contributed by atoms with E-state index in [-0.39, 0.29) is 0 Å². The van der Waals surface area contributed by atoms with Gasteiger partial charge in [-0.15, -0.1) is 0 Å². The standard InChI is InChI=1S/C17H24ClN5O/c1-4-19-17(21-12-14-8-10-22-23(14)2)20-9-7-13-5-6-15(24-3)11-16(13)18/h5-6,8,10-11H,4,7,9,12H2,1-3H3,(H2,19,20,21). The van der Waals surface area contributed by atoms with Crippen molar-refractivity contribution in [2.24, 2.45) is 12.0 Å². The van der Waals surface area contributed by atoms with Crippen molar-refractivity contribution in [3.8, 4) is 5.75 Å². The van der Waals surface area contributed by atoms with Gasteiger partial charge in [-0.25, -0.2) is 4.99 Å². The van der Waals surface area contributed by atoms with Gasteiger partial charge in [0.1, 0.15) is 5.75 Å². The molecule has 0 atom stereocenters. The molecule has 7 heteroatoms. The highest BCUT2D eigenvalue weighted by Crippen LogP contribution is 2.22. The molecular formula is C17H24ClN5O. The smallest absolute Gasteiger partial charge is 0.191 e. The van der Waals surface area contributed by atoms with E-state index in [9.17, 15) is 0 Å². The molecule has 24 heavy (non-hydrogen) atoms. The number of hydrogen-bond donors (Lipinski definition) is 2. The first-order valence-corrected chi connectivity index (χ1v) is 8.33. The summed E-state index contributed by atoms with van der Waals surface area (Å²) in [5.74, 6) is 1.55. The lowest BCUT2D eigenvalue weighted by Crippen LogP contribution is -2.38. The van der Waals surface area contributed by atoms with Crippen LogP contribution in [0.1, 0.15) is 18.2 Å². The predicted molar refractivity (Wildman–Crippen MR) is 97.7 cm³/mol. The molecule has 0 bridgehead atoms. The molecule has 0 aliphatic heterocycles. The fourth-order valence-corrected chi connectivity index (χ4v) is 2.50. The number of nitrogens with zero attached hydrogens (tertiary/aromatic N) is 3. The Morgan fingerprint density at radius 2 is 2.17 bits per heavy atom. The summed E-state index contributed by atoms with van der Waals surface area (Å²) in [6.07, 6.45) is 2.58. The summed E-state index contributed by atoms with van der Waals surface area (Å²) in [6, 6.07) is 7.70. The molecule has 2 N–H and O–H groups in total. The van der Waals surface area contributed by atoms with Gasteiger partial charge in [-0.2, -0.15) is 5.10 Å². The van der Waals surface area contributed by atoms with Crippen molar-refractivity contribution >= 4 is 17.6 Å². The number of aliphatic imine (C=N–C) groups is 1. The third-order valence-corrected chi connectivity index (χ3v) is 3.96. The average molecular weight is 350 g/mol. The minimum Gasteiger partial charge on any atom is -0.497 e. The summed E-state index contributed by atoms with van der Waals surface area (Å²) < 4.78 is 6.99. The first-order valence-electron chi connectivity index (χ1n) is 7.95. The molecule has 0 radical (unpaired) electrons. The fourth-order valence-electron chi connectivity index (χ4n) is 2.23. The van der Waals surface area contributed by atoms with Crippen molar-refractivity contribution < 1.29 is 4.74 Å². The Kier molecular flexibility index (Phi) is 6.93. The number of methoxy groups -OCH3 is 1. The van der Waals surface area contributed by atoms with E-state index < -0.39 is 0 Å². The molecule has 130 valence electrons. The zero-order chi connectivity index (χ0) is 17.4. The zero-order valence-corrected chi connectivity index (χ0v) is 15.1. The van der Waals surface area contributed by atoms with E-state index in [1.54, 1.807) is 13.3 Å². The molecule has 6 nitrogen and oxygen atoms in total. The van der Waals surface area contributed by atoms with Crippen LogP contribution >= 0.6 is 11.6 Å². The van der Waals surface area contributed by atoms with E-state index >= 15 is 0 Å². The molecular weight excluding hydrogens is 326 g/mol. The van der Waals surface area contributed by atoms with Gasteiger partial charge in [0, 0.05) is 31.4 Å². The molecule has 2 rings (SSSR count). The van der Waals surface area contributed by atoms with Crippen molar-refractivity contribution in [2.45, 2.75) is 19.9 Å². The molecule has 1 aromatic heterocycles. The van der Waals surface area contributed by atoms with Gasteiger partial charge in [0.2, 0.25) is 0 Å². The van der Waals surface area contributed by atoms with Crippen LogP contribution in [0.25, 0.3) is 0 Å². The molecule has 0 saturated heterocycles. The van der Waals surface area contributed by atoms with E-state index in [1.165, 1.54) is 0 Å². The summed E-state index contributed by atoms with van der Waals surface area (Å²) in [5.41, 5.74) is 2.14. The highest BCUT2D eigenvalue weighted by atomic mass is 35.5. The molecule has 0 aliphatic carbocycles. The molecule has 2 aromatic rings. The predicted octanol–water partition coefficient (Wildman–Crippen LogP) is 2.38. The lowest BCUT2D eigenvalue weighted by molar-refractivity contribution is 0.414. The Hall–Kier alpha value is -2.21. The summed E-state index contributed by atoms with van der Waals surface area (Å²) >= 11 is 6.27. The minimum absolute atomic E-state index is 0.578. The lowest BCUT2D eigenvalue weighted by atomic mass is 10.1. The number of guanidine groups is 1. The average Bonchev–Trinajstić information content (AvgIpc) is 2.99. The summed E-state index contributed by atoms with van der Waals surface area (Å²) in [5, 5.41) is 11.4. The Bertz CT molecular complexity index is 683. The quantitative estimate of drug-likeness (QED) is 0.595. The number of hydrogen-bond acceptors (Lipinski definition) is 3. The first kappa shape index (κ1) is 18.1. The largest absolute Gasteiger partial charge is 0.497 e. The second kappa shape index (κ2) is 9.17. The Morgan fingerprint density at radius 1 is 1.33 bits per heavy atom. The molecule has 1 aromatic carbocycles. The maximum Gasteiger partial charge on any atom is 0.191 e. The van der Waals surface area contributed by atoms with E-state index in [1.807, 2.05) is 42.9 Å². The van der Waals surface area contributed by atoms with Gasteiger partial charge < -0.3 is 15.4 Å². The van der Waals surface area contributed by atoms with Crippen LogP contribution in [0.15, 0.2) is 35.5 Å². The highest BCUT2D eigenvalue weighted by molar-refractivity contribution is 6.31. The second-order valence-electron chi connectivity index (χ2n) is 5.28. The van der Waals surface area contributed by atoms with Crippen molar-refractivity contribution in [1.82, 2.24) is 20.4 Å². The summed E-state index contributed by atoms with van der Waals surface area (Å²) in [4.78, 5) is 4.58.